The minimum atomic E-state index is -1.33. The van der Waals surface area contributed by atoms with Crippen LogP contribution < -0.4 is 9.92 Å². The van der Waals surface area contributed by atoms with E-state index < -0.39 is 8.07 Å². The van der Waals surface area contributed by atoms with Crippen LogP contribution in [-0.4, -0.2) is 19.7 Å². The summed E-state index contributed by atoms with van der Waals surface area (Å²) >= 11 is 5.97. The maximum absolute atomic E-state index is 5.97. The van der Waals surface area contributed by atoms with Crippen LogP contribution >= 0.6 is 11.6 Å². The Morgan fingerprint density at radius 3 is 2.79 bits per heavy atom. The molecule has 0 fully saturated rings. The van der Waals surface area contributed by atoms with Crippen LogP contribution in [0.4, 0.5) is 0 Å². The second-order valence-electron chi connectivity index (χ2n) is 4.62. The van der Waals surface area contributed by atoms with Gasteiger partial charge in [0.05, 0.1) is 14.7 Å². The number of nitrogens with zero attached hydrogens (tertiary/aromatic N) is 1. The van der Waals surface area contributed by atoms with Crippen LogP contribution in [0, 0.1) is 0 Å². The van der Waals surface area contributed by atoms with Gasteiger partial charge in [-0.2, -0.15) is 0 Å². The second kappa shape index (κ2) is 3.24. The molecule has 0 spiro atoms. The first-order valence-corrected chi connectivity index (χ1v) is 8.69. The molecule has 1 aromatic heterocycles. The van der Waals surface area contributed by atoms with E-state index in [0.717, 1.165) is 18.9 Å². The third-order valence-electron chi connectivity index (χ3n) is 2.45. The minimum Gasteiger partial charge on any atom is -0.477 e. The average Bonchev–Trinajstić information content (AvgIpc) is 2.47. The van der Waals surface area contributed by atoms with Crippen molar-refractivity contribution in [3.05, 3.63) is 16.8 Å². The molecule has 0 atom stereocenters. The summed E-state index contributed by atoms with van der Waals surface area (Å²) in [7, 11) is -1.33. The quantitative estimate of drug-likeness (QED) is 0.542. The zero-order chi connectivity index (χ0) is 10.3. The zero-order valence-electron chi connectivity index (χ0n) is 8.72. The molecule has 2 rings (SSSR count). The summed E-state index contributed by atoms with van der Waals surface area (Å²) in [4.78, 5) is 4.19. The van der Waals surface area contributed by atoms with E-state index in [0.29, 0.717) is 5.15 Å². The number of hydrogen-bond acceptors (Lipinski definition) is 2. The van der Waals surface area contributed by atoms with Crippen LogP contribution in [0.3, 0.4) is 0 Å². The highest BCUT2D eigenvalue weighted by Gasteiger charge is 2.27. The standard InChI is InChI=1S/C10H14ClNOSi/c1-14(2,3)8-6-9(11)12-10-7(8)4-5-13-10/h6H,4-5H2,1-3H3. The number of fused-ring (bicyclic) bond motifs is 1. The molecule has 2 nitrogen and oxygen atoms in total. The Hall–Kier alpha value is -0.543. The molecule has 0 saturated carbocycles. The maximum Gasteiger partial charge on any atom is 0.217 e. The first-order chi connectivity index (χ1) is 6.48. The summed E-state index contributed by atoms with van der Waals surface area (Å²) in [6.07, 6.45) is 0.985. The predicted octanol–water partition coefficient (Wildman–Crippen LogP) is 2.22. The van der Waals surface area contributed by atoms with E-state index >= 15 is 0 Å². The molecule has 1 aliphatic rings. The topological polar surface area (TPSA) is 22.1 Å². The van der Waals surface area contributed by atoms with Gasteiger partial charge in [0.2, 0.25) is 5.88 Å². The number of ether oxygens (including phenoxy) is 1. The summed E-state index contributed by atoms with van der Waals surface area (Å²) in [6, 6.07) is 2.02. The van der Waals surface area contributed by atoms with Crippen molar-refractivity contribution < 1.29 is 4.74 Å². The molecular formula is C10H14ClNOSi. The molecule has 1 aromatic rings. The van der Waals surface area contributed by atoms with E-state index in [1.807, 2.05) is 6.07 Å². The highest BCUT2D eigenvalue weighted by molar-refractivity contribution is 6.89. The van der Waals surface area contributed by atoms with Crippen LogP contribution in [0.2, 0.25) is 24.8 Å². The Balaban J connectivity index is 2.60. The summed E-state index contributed by atoms with van der Waals surface area (Å²) in [5.41, 5.74) is 1.29. The Kier molecular flexibility index (Phi) is 2.31. The molecule has 4 heteroatoms. The van der Waals surface area contributed by atoms with E-state index in [1.165, 1.54) is 10.8 Å². The normalized spacial score (nSPS) is 15.1. The summed E-state index contributed by atoms with van der Waals surface area (Å²) in [5, 5.41) is 1.95. The lowest BCUT2D eigenvalue weighted by atomic mass is 10.2. The molecule has 0 saturated heterocycles. The number of halogens is 1. The lowest BCUT2D eigenvalue weighted by molar-refractivity contribution is 0.345. The van der Waals surface area contributed by atoms with Gasteiger partial charge in [-0.3, -0.25) is 0 Å². The molecule has 1 aliphatic heterocycles. The van der Waals surface area contributed by atoms with Gasteiger partial charge in [-0.15, -0.1) is 0 Å². The predicted molar refractivity (Wildman–Crippen MR) is 61.4 cm³/mol. The van der Waals surface area contributed by atoms with Crippen LogP contribution in [0.25, 0.3) is 0 Å². The van der Waals surface area contributed by atoms with Gasteiger partial charge >= 0.3 is 0 Å². The van der Waals surface area contributed by atoms with Crippen LogP contribution in [0.5, 0.6) is 5.88 Å². The third-order valence-corrected chi connectivity index (χ3v) is 4.71. The van der Waals surface area contributed by atoms with Crippen LogP contribution in [0.1, 0.15) is 5.56 Å². The largest absolute Gasteiger partial charge is 0.477 e. The van der Waals surface area contributed by atoms with E-state index in [2.05, 4.69) is 24.6 Å². The number of rotatable bonds is 1. The molecule has 0 amide bonds. The lowest BCUT2D eigenvalue weighted by Crippen LogP contribution is -2.40. The Labute approximate surface area is 90.3 Å². The van der Waals surface area contributed by atoms with Gasteiger partial charge in [-0.05, 0) is 11.3 Å². The van der Waals surface area contributed by atoms with Gasteiger partial charge in [0.25, 0.3) is 0 Å². The highest BCUT2D eigenvalue weighted by atomic mass is 35.5. The SMILES string of the molecule is C[Si](C)(C)c1cc(Cl)nc2c1CCO2. The fourth-order valence-corrected chi connectivity index (χ4v) is 3.78. The Morgan fingerprint density at radius 1 is 1.43 bits per heavy atom. The molecular weight excluding hydrogens is 214 g/mol. The van der Waals surface area contributed by atoms with Gasteiger partial charge < -0.3 is 4.74 Å². The number of hydrogen-bond donors (Lipinski definition) is 0. The Morgan fingerprint density at radius 2 is 2.14 bits per heavy atom. The molecule has 0 unspecified atom stereocenters. The molecule has 0 aromatic carbocycles. The van der Waals surface area contributed by atoms with E-state index in [9.17, 15) is 0 Å². The van der Waals surface area contributed by atoms with E-state index in [4.69, 9.17) is 16.3 Å². The molecule has 0 bridgehead atoms. The van der Waals surface area contributed by atoms with Crippen molar-refractivity contribution in [3.63, 3.8) is 0 Å². The first kappa shape index (κ1) is 9.99. The van der Waals surface area contributed by atoms with Gasteiger partial charge in [-0.25, -0.2) is 4.98 Å². The van der Waals surface area contributed by atoms with Gasteiger partial charge in [0.15, 0.2) is 0 Å². The minimum absolute atomic E-state index is 0.558. The second-order valence-corrected chi connectivity index (χ2v) is 10.1. The fourth-order valence-electron chi connectivity index (χ4n) is 1.80. The zero-order valence-corrected chi connectivity index (χ0v) is 10.5. The summed E-state index contributed by atoms with van der Waals surface area (Å²) < 4.78 is 5.44. The maximum atomic E-state index is 5.97. The van der Waals surface area contributed by atoms with Crippen molar-refractivity contribution in [2.75, 3.05) is 6.61 Å². The third kappa shape index (κ3) is 1.66. The summed E-state index contributed by atoms with van der Waals surface area (Å²) in [5.74, 6) is 0.759. The first-order valence-electron chi connectivity index (χ1n) is 4.81. The highest BCUT2D eigenvalue weighted by Crippen LogP contribution is 2.25. The van der Waals surface area contributed by atoms with Gasteiger partial charge in [0, 0.05) is 12.0 Å². The van der Waals surface area contributed by atoms with Crippen molar-refractivity contribution in [1.29, 1.82) is 0 Å². The number of pyridine rings is 1. The smallest absolute Gasteiger partial charge is 0.217 e. The van der Waals surface area contributed by atoms with Crippen molar-refractivity contribution in [2.45, 2.75) is 26.1 Å². The van der Waals surface area contributed by atoms with Gasteiger partial charge in [-0.1, -0.05) is 31.2 Å². The van der Waals surface area contributed by atoms with Crippen LogP contribution in [0.15, 0.2) is 6.07 Å². The van der Waals surface area contributed by atoms with Gasteiger partial charge in [0.1, 0.15) is 5.15 Å². The molecule has 2 heterocycles. The molecule has 76 valence electrons. The summed E-state index contributed by atoms with van der Waals surface area (Å²) in [6.45, 7) is 7.70. The molecule has 14 heavy (non-hydrogen) atoms. The van der Waals surface area contributed by atoms with Crippen molar-refractivity contribution in [3.8, 4) is 5.88 Å². The fraction of sp³-hybridized carbons (Fsp3) is 0.500. The average molecular weight is 228 g/mol. The lowest BCUT2D eigenvalue weighted by Gasteiger charge is -2.19. The Bertz CT molecular complexity index is 373. The van der Waals surface area contributed by atoms with Crippen LogP contribution in [-0.2, 0) is 6.42 Å². The molecule has 0 N–H and O–H groups in total. The molecule has 0 aliphatic carbocycles. The van der Waals surface area contributed by atoms with Crippen molar-refractivity contribution >= 4 is 24.9 Å². The molecule has 0 radical (unpaired) electrons. The number of aromatic nitrogens is 1. The van der Waals surface area contributed by atoms with Crippen molar-refractivity contribution in [1.82, 2.24) is 4.98 Å². The van der Waals surface area contributed by atoms with E-state index in [-0.39, 0.29) is 0 Å². The van der Waals surface area contributed by atoms with Crippen molar-refractivity contribution in [2.24, 2.45) is 0 Å². The van der Waals surface area contributed by atoms with E-state index in [1.54, 1.807) is 0 Å². The monoisotopic (exact) mass is 227 g/mol.